The van der Waals surface area contributed by atoms with Gasteiger partial charge in [-0.2, -0.15) is 0 Å². The Morgan fingerprint density at radius 1 is 0.329 bits per heavy atom. The molecule has 0 N–H and O–H groups in total. The average Bonchev–Trinajstić information content (AvgIpc) is 2.01. The number of anilines is 9. The normalized spacial score (nSPS) is 12.4. The van der Waals surface area contributed by atoms with Gasteiger partial charge in [0.15, 0.2) is 0 Å². The number of hydrogen-bond acceptors (Lipinski definition) is 5. The molecule has 1 unspecified atom stereocenters. The van der Waals surface area contributed by atoms with E-state index in [1.165, 1.54) is 50.1 Å². The van der Waals surface area contributed by atoms with E-state index >= 15 is 0 Å². The highest BCUT2D eigenvalue weighted by Gasteiger charge is 2.37. The molecular formula is C80H67N3O2. The van der Waals surface area contributed by atoms with Crippen molar-refractivity contribution in [3.8, 4) is 39.5 Å². The van der Waals surface area contributed by atoms with Crippen LogP contribution in [-0.4, -0.2) is 7.11 Å². The van der Waals surface area contributed by atoms with Gasteiger partial charge in [0.25, 0.3) is 0 Å². The molecule has 5 nitrogen and oxygen atoms in total. The number of fused-ring (bicyclic) bond motifs is 3. The second-order valence-corrected chi connectivity index (χ2v) is 22.4. The zero-order chi connectivity index (χ0) is 57.7. The van der Waals surface area contributed by atoms with Crippen LogP contribution >= 0.6 is 0 Å². The summed E-state index contributed by atoms with van der Waals surface area (Å²) < 4.78 is 12.1. The molecule has 85 heavy (non-hydrogen) atoms. The summed E-state index contributed by atoms with van der Waals surface area (Å²) in [7, 11) is 1.69. The van der Waals surface area contributed by atoms with Gasteiger partial charge in [-0.05, 0) is 214 Å². The number of para-hydroxylation sites is 3. The van der Waals surface area contributed by atoms with Crippen LogP contribution < -0.4 is 24.2 Å². The molecule has 0 amide bonds. The molecule has 1 aliphatic rings. The van der Waals surface area contributed by atoms with Crippen LogP contribution in [0.4, 0.5) is 51.2 Å². The monoisotopic (exact) mass is 1100 g/mol. The zero-order valence-electron chi connectivity index (χ0n) is 48.5. The number of methoxy groups -OCH3 is 1. The van der Waals surface area contributed by atoms with Gasteiger partial charge in [0, 0.05) is 62.5 Å². The first kappa shape index (κ1) is 53.9. The van der Waals surface area contributed by atoms with Crippen LogP contribution in [0.3, 0.4) is 0 Å². The Bertz CT molecular complexity index is 4130. The lowest BCUT2D eigenvalue weighted by Gasteiger charge is -2.29. The lowest BCUT2D eigenvalue weighted by molar-refractivity contribution is 0.415. The van der Waals surface area contributed by atoms with E-state index in [-0.39, 0.29) is 11.3 Å². The first-order valence-corrected chi connectivity index (χ1v) is 29.5. The molecule has 0 aliphatic heterocycles. The van der Waals surface area contributed by atoms with E-state index < -0.39 is 0 Å². The third kappa shape index (κ3) is 11.2. The van der Waals surface area contributed by atoms with Crippen molar-refractivity contribution in [1.82, 2.24) is 0 Å². The molecule has 0 spiro atoms. The Morgan fingerprint density at radius 2 is 0.659 bits per heavy atom. The van der Waals surface area contributed by atoms with Crippen LogP contribution in [0.5, 0.6) is 17.2 Å². The molecule has 0 saturated carbocycles. The summed E-state index contributed by atoms with van der Waals surface area (Å²) >= 11 is 0. The smallest absolute Gasteiger partial charge is 0.127 e. The van der Waals surface area contributed by atoms with Crippen LogP contribution in [0.1, 0.15) is 60.1 Å². The SMILES string of the molecule is CCc1ccc(C(Cc2ccc(-c3ccc(N(c4ccc(Oc5ccc(N(c6ccccc6)c6ccc(OC)cc6)cc5)cc4)c4ccc5c(c4)C(C)(C)c4cc(N(c6ccccc6)c6ccccc6)ccc4-5)cc3)cc2)c2ccccc2)cc1. The molecule has 12 aromatic rings. The predicted molar refractivity (Wildman–Crippen MR) is 354 cm³/mol. The van der Waals surface area contributed by atoms with Crippen molar-refractivity contribution < 1.29 is 9.47 Å². The van der Waals surface area contributed by atoms with Crippen molar-refractivity contribution in [3.05, 3.63) is 337 Å². The molecule has 13 rings (SSSR count). The van der Waals surface area contributed by atoms with Crippen molar-refractivity contribution in [1.29, 1.82) is 0 Å². The van der Waals surface area contributed by atoms with Crippen LogP contribution in [0, 0.1) is 0 Å². The van der Waals surface area contributed by atoms with Gasteiger partial charge in [-0.1, -0.05) is 178 Å². The number of aryl methyl sites for hydroxylation is 1. The summed E-state index contributed by atoms with van der Waals surface area (Å²) in [6, 6.07) is 109. The molecule has 414 valence electrons. The quantitative estimate of drug-likeness (QED) is 0.0854. The van der Waals surface area contributed by atoms with Crippen molar-refractivity contribution in [2.45, 2.75) is 44.9 Å². The fourth-order valence-corrected chi connectivity index (χ4v) is 12.2. The summed E-state index contributed by atoms with van der Waals surface area (Å²) in [4.78, 5) is 6.95. The van der Waals surface area contributed by atoms with Gasteiger partial charge in [-0.3, -0.25) is 0 Å². The van der Waals surface area contributed by atoms with Crippen LogP contribution in [0.2, 0.25) is 0 Å². The number of hydrogen-bond donors (Lipinski definition) is 0. The summed E-state index contributed by atoms with van der Waals surface area (Å²) in [5.74, 6) is 2.57. The summed E-state index contributed by atoms with van der Waals surface area (Å²) in [6.45, 7) is 6.95. The van der Waals surface area contributed by atoms with Crippen molar-refractivity contribution in [2.24, 2.45) is 0 Å². The lowest BCUT2D eigenvalue weighted by atomic mass is 9.82. The fraction of sp³-hybridized carbons (Fsp3) is 0.100. The van der Waals surface area contributed by atoms with E-state index in [2.05, 4.69) is 308 Å². The topological polar surface area (TPSA) is 28.2 Å². The van der Waals surface area contributed by atoms with Gasteiger partial charge in [0.05, 0.1) is 7.11 Å². The first-order valence-electron chi connectivity index (χ1n) is 29.5. The molecule has 0 aromatic heterocycles. The van der Waals surface area contributed by atoms with Gasteiger partial charge in [0.2, 0.25) is 0 Å². The number of nitrogens with zero attached hydrogens (tertiary/aromatic N) is 3. The number of rotatable bonds is 18. The van der Waals surface area contributed by atoms with E-state index in [0.717, 1.165) is 86.8 Å². The molecule has 12 aromatic carbocycles. The molecular weight excluding hydrogens is 1030 g/mol. The van der Waals surface area contributed by atoms with Crippen LogP contribution in [-0.2, 0) is 18.3 Å². The maximum atomic E-state index is 6.60. The highest BCUT2D eigenvalue weighted by molar-refractivity contribution is 5.89. The Morgan fingerprint density at radius 3 is 1.07 bits per heavy atom. The number of benzene rings is 12. The molecule has 0 saturated heterocycles. The Balaban J connectivity index is 0.811. The van der Waals surface area contributed by atoms with Crippen molar-refractivity contribution in [3.63, 3.8) is 0 Å². The minimum atomic E-state index is -0.293. The Kier molecular flexibility index (Phi) is 15.1. The molecule has 1 atom stereocenters. The largest absolute Gasteiger partial charge is 0.497 e. The molecule has 0 heterocycles. The van der Waals surface area contributed by atoms with Crippen LogP contribution in [0.25, 0.3) is 22.3 Å². The minimum Gasteiger partial charge on any atom is -0.497 e. The molecule has 0 radical (unpaired) electrons. The average molecular weight is 1100 g/mol. The molecule has 5 heteroatoms. The summed E-state index contributed by atoms with van der Waals surface area (Å²) in [5, 5.41) is 0. The van der Waals surface area contributed by atoms with E-state index in [4.69, 9.17) is 9.47 Å². The maximum absolute atomic E-state index is 6.60. The third-order valence-corrected chi connectivity index (χ3v) is 16.8. The summed E-state index contributed by atoms with van der Waals surface area (Å²) in [5.41, 5.74) is 22.2. The zero-order valence-corrected chi connectivity index (χ0v) is 48.5. The highest BCUT2D eigenvalue weighted by atomic mass is 16.5. The molecule has 0 bridgehead atoms. The first-order chi connectivity index (χ1) is 41.8. The number of ether oxygens (including phenoxy) is 2. The van der Waals surface area contributed by atoms with E-state index in [0.29, 0.717) is 0 Å². The highest BCUT2D eigenvalue weighted by Crippen LogP contribution is 2.53. The Labute approximate surface area is 500 Å². The van der Waals surface area contributed by atoms with E-state index in [1.807, 2.05) is 30.3 Å². The van der Waals surface area contributed by atoms with Gasteiger partial charge in [-0.25, -0.2) is 0 Å². The maximum Gasteiger partial charge on any atom is 0.127 e. The fourth-order valence-electron chi connectivity index (χ4n) is 12.2. The predicted octanol–water partition coefficient (Wildman–Crippen LogP) is 21.8. The Hall–Kier alpha value is -10.4. The second kappa shape index (κ2) is 23.9. The third-order valence-electron chi connectivity index (χ3n) is 16.8. The molecule has 0 fully saturated rings. The van der Waals surface area contributed by atoms with Gasteiger partial charge < -0.3 is 24.2 Å². The lowest BCUT2D eigenvalue weighted by Crippen LogP contribution is -2.17. The van der Waals surface area contributed by atoms with Gasteiger partial charge in [-0.15, -0.1) is 0 Å². The van der Waals surface area contributed by atoms with Gasteiger partial charge >= 0.3 is 0 Å². The second-order valence-electron chi connectivity index (χ2n) is 22.4. The van der Waals surface area contributed by atoms with E-state index in [1.54, 1.807) is 7.11 Å². The molecule has 1 aliphatic carbocycles. The van der Waals surface area contributed by atoms with Gasteiger partial charge in [0.1, 0.15) is 17.2 Å². The van der Waals surface area contributed by atoms with Crippen molar-refractivity contribution in [2.75, 3.05) is 21.8 Å². The van der Waals surface area contributed by atoms with Crippen molar-refractivity contribution >= 4 is 51.2 Å². The summed E-state index contributed by atoms with van der Waals surface area (Å²) in [6.07, 6.45) is 1.95. The van der Waals surface area contributed by atoms with E-state index in [9.17, 15) is 0 Å². The minimum absolute atomic E-state index is 0.263. The van der Waals surface area contributed by atoms with Crippen LogP contribution in [0.15, 0.2) is 303 Å². The standard InChI is InChI=1S/C80H67N3O2/c1-5-57-26-32-62(33-27-57)77(61-18-10-6-11-19-61)54-58-28-30-59(31-29-58)60-34-36-66(37-35-60)83(69-42-50-74(51-43-69)85-73-48-40-68(41-49-73)81(63-20-12-7-13-21-63)67-38-46-72(84-4)47-39-67)71-45-53-76-75-52-44-70(55-78(75)80(2,3)79(76)56-71)82(64-22-14-8-15-23-64)65-24-16-9-17-25-65/h6-53,55-56,77H,5,54H2,1-4H3.